The second kappa shape index (κ2) is 6.14. The summed E-state index contributed by atoms with van der Waals surface area (Å²) in [4.78, 5) is -0.132. The van der Waals surface area contributed by atoms with Gasteiger partial charge in [0.1, 0.15) is 11.0 Å². The van der Waals surface area contributed by atoms with Gasteiger partial charge in [-0.25, -0.2) is 13.1 Å². The highest BCUT2D eigenvalue weighted by atomic mass is 35.5. The third kappa shape index (κ3) is 3.73. The molecule has 7 heteroatoms. The molecule has 0 spiro atoms. The molecule has 0 atom stereocenters. The molecule has 0 aromatic heterocycles. The molecule has 0 heterocycles. The largest absolute Gasteiger partial charge is 0.399 e. The van der Waals surface area contributed by atoms with Crippen LogP contribution in [-0.4, -0.2) is 8.42 Å². The van der Waals surface area contributed by atoms with E-state index in [0.717, 1.165) is 5.56 Å². The number of hydrogen-bond donors (Lipinski definition) is 2. The Morgan fingerprint density at radius 1 is 1.19 bits per heavy atom. The number of nitrogens with zero attached hydrogens (tertiary/aromatic N) is 1. The Bertz CT molecular complexity index is 796. The Morgan fingerprint density at radius 3 is 2.48 bits per heavy atom. The normalized spacial score (nSPS) is 11.0. The van der Waals surface area contributed by atoms with Gasteiger partial charge in [-0.3, -0.25) is 0 Å². The van der Waals surface area contributed by atoms with Gasteiger partial charge in [-0.15, -0.1) is 0 Å². The fourth-order valence-corrected chi connectivity index (χ4v) is 3.14. The molecular formula is C14H12ClN3O2S. The summed E-state index contributed by atoms with van der Waals surface area (Å²) in [5.41, 5.74) is 6.97. The van der Waals surface area contributed by atoms with Crippen molar-refractivity contribution in [2.24, 2.45) is 0 Å². The molecule has 0 radical (unpaired) electrons. The van der Waals surface area contributed by atoms with Crippen LogP contribution in [0.5, 0.6) is 0 Å². The minimum Gasteiger partial charge on any atom is -0.399 e. The molecule has 108 valence electrons. The third-order valence-corrected chi connectivity index (χ3v) is 4.48. The van der Waals surface area contributed by atoms with E-state index in [-0.39, 0.29) is 22.0 Å². The minimum absolute atomic E-state index is 0.0456. The average Bonchev–Trinajstić information content (AvgIpc) is 2.47. The first-order chi connectivity index (χ1) is 9.92. The number of halogens is 1. The average molecular weight is 322 g/mol. The lowest BCUT2D eigenvalue weighted by Gasteiger charge is -2.09. The highest BCUT2D eigenvalue weighted by Crippen LogP contribution is 2.20. The van der Waals surface area contributed by atoms with Gasteiger partial charge >= 0.3 is 0 Å². The van der Waals surface area contributed by atoms with Crippen LogP contribution in [0.25, 0.3) is 0 Å². The molecule has 5 nitrogen and oxygen atoms in total. The van der Waals surface area contributed by atoms with E-state index in [1.165, 1.54) is 18.2 Å². The number of rotatable bonds is 4. The fraction of sp³-hybridized carbons (Fsp3) is 0.0714. The number of hydrogen-bond acceptors (Lipinski definition) is 4. The zero-order valence-electron chi connectivity index (χ0n) is 10.9. The summed E-state index contributed by atoms with van der Waals surface area (Å²) in [5, 5.41) is 9.24. The van der Waals surface area contributed by atoms with Crippen LogP contribution in [0.15, 0.2) is 47.4 Å². The SMILES string of the molecule is N#Cc1ccc(Cl)cc1S(=O)(=O)NCc1ccc(N)cc1. The molecule has 0 aliphatic carbocycles. The maximum Gasteiger partial charge on any atom is 0.242 e. The van der Waals surface area contributed by atoms with Crippen molar-refractivity contribution in [2.45, 2.75) is 11.4 Å². The molecule has 0 amide bonds. The second-order valence-electron chi connectivity index (χ2n) is 4.32. The van der Waals surface area contributed by atoms with E-state index in [1.54, 1.807) is 24.3 Å². The van der Waals surface area contributed by atoms with Gasteiger partial charge in [-0.05, 0) is 35.9 Å². The number of nitriles is 1. The maximum atomic E-state index is 12.3. The van der Waals surface area contributed by atoms with Crippen LogP contribution in [0.2, 0.25) is 5.02 Å². The van der Waals surface area contributed by atoms with Gasteiger partial charge in [0.15, 0.2) is 0 Å². The summed E-state index contributed by atoms with van der Waals surface area (Å²) in [6.45, 7) is 0.0972. The number of nitrogens with two attached hydrogens (primary N) is 1. The first-order valence-electron chi connectivity index (χ1n) is 5.96. The van der Waals surface area contributed by atoms with E-state index in [2.05, 4.69) is 4.72 Å². The van der Waals surface area contributed by atoms with Crippen LogP contribution in [0.3, 0.4) is 0 Å². The molecule has 0 fully saturated rings. The molecule has 0 saturated carbocycles. The maximum absolute atomic E-state index is 12.3. The van der Waals surface area contributed by atoms with Gasteiger partial charge in [0, 0.05) is 17.3 Å². The van der Waals surface area contributed by atoms with E-state index >= 15 is 0 Å². The summed E-state index contributed by atoms with van der Waals surface area (Å²) in [6.07, 6.45) is 0. The van der Waals surface area contributed by atoms with E-state index in [9.17, 15) is 8.42 Å². The van der Waals surface area contributed by atoms with Crippen molar-refractivity contribution in [1.29, 1.82) is 5.26 Å². The first-order valence-corrected chi connectivity index (χ1v) is 7.82. The predicted octanol–water partition coefficient (Wildman–Crippen LogP) is 2.27. The fourth-order valence-electron chi connectivity index (χ4n) is 1.70. The lowest BCUT2D eigenvalue weighted by Crippen LogP contribution is -2.24. The van der Waals surface area contributed by atoms with Crippen molar-refractivity contribution >= 4 is 27.3 Å². The molecule has 0 unspecified atom stereocenters. The highest BCUT2D eigenvalue weighted by Gasteiger charge is 2.18. The summed E-state index contributed by atoms with van der Waals surface area (Å²) in [5.74, 6) is 0. The number of nitrogens with one attached hydrogen (secondary N) is 1. The second-order valence-corrected chi connectivity index (χ2v) is 6.49. The van der Waals surface area contributed by atoms with E-state index in [4.69, 9.17) is 22.6 Å². The van der Waals surface area contributed by atoms with Crippen molar-refractivity contribution in [1.82, 2.24) is 4.72 Å². The van der Waals surface area contributed by atoms with Crippen LogP contribution in [0, 0.1) is 11.3 Å². The van der Waals surface area contributed by atoms with Crippen LogP contribution >= 0.6 is 11.6 Å². The van der Waals surface area contributed by atoms with Gasteiger partial charge in [0.25, 0.3) is 0 Å². The van der Waals surface area contributed by atoms with Gasteiger partial charge in [0.2, 0.25) is 10.0 Å². The number of nitrogen functional groups attached to an aromatic ring is 1. The molecule has 0 saturated heterocycles. The van der Waals surface area contributed by atoms with E-state index in [1.807, 2.05) is 6.07 Å². The van der Waals surface area contributed by atoms with E-state index in [0.29, 0.717) is 5.69 Å². The lowest BCUT2D eigenvalue weighted by molar-refractivity contribution is 0.581. The summed E-state index contributed by atoms with van der Waals surface area (Å²) < 4.78 is 27.0. The highest BCUT2D eigenvalue weighted by molar-refractivity contribution is 7.89. The molecule has 0 aliphatic rings. The Labute approximate surface area is 128 Å². The van der Waals surface area contributed by atoms with Gasteiger partial charge in [0.05, 0.1) is 5.56 Å². The standard InChI is InChI=1S/C14H12ClN3O2S/c15-12-4-3-11(8-16)14(7-12)21(19,20)18-9-10-1-5-13(17)6-2-10/h1-7,18H,9,17H2. The van der Waals surface area contributed by atoms with Crippen molar-refractivity contribution in [3.63, 3.8) is 0 Å². The monoisotopic (exact) mass is 321 g/mol. The molecule has 2 aromatic carbocycles. The minimum atomic E-state index is -3.82. The summed E-state index contributed by atoms with van der Waals surface area (Å²) >= 11 is 5.80. The lowest BCUT2D eigenvalue weighted by atomic mass is 10.2. The van der Waals surface area contributed by atoms with Crippen molar-refractivity contribution in [3.05, 3.63) is 58.6 Å². The number of sulfonamides is 1. The van der Waals surface area contributed by atoms with Crippen molar-refractivity contribution in [3.8, 4) is 6.07 Å². The quantitative estimate of drug-likeness (QED) is 0.844. The molecule has 0 aliphatic heterocycles. The van der Waals surface area contributed by atoms with Crippen molar-refractivity contribution < 1.29 is 8.42 Å². The Hall–Kier alpha value is -2.07. The number of benzene rings is 2. The molecular weight excluding hydrogens is 310 g/mol. The molecule has 3 N–H and O–H groups in total. The summed E-state index contributed by atoms with van der Waals surface area (Å²) in [6, 6.07) is 12.8. The topological polar surface area (TPSA) is 96.0 Å². The van der Waals surface area contributed by atoms with E-state index < -0.39 is 10.0 Å². The smallest absolute Gasteiger partial charge is 0.242 e. The van der Waals surface area contributed by atoms with Gasteiger partial charge in [-0.2, -0.15) is 5.26 Å². The molecule has 0 bridgehead atoms. The summed E-state index contributed by atoms with van der Waals surface area (Å²) in [7, 11) is -3.82. The predicted molar refractivity (Wildman–Crippen MR) is 81.0 cm³/mol. The zero-order chi connectivity index (χ0) is 15.5. The van der Waals surface area contributed by atoms with Crippen LogP contribution in [-0.2, 0) is 16.6 Å². The Balaban J connectivity index is 2.25. The third-order valence-electron chi connectivity index (χ3n) is 2.80. The van der Waals surface area contributed by atoms with Crippen molar-refractivity contribution in [2.75, 3.05) is 5.73 Å². The Kier molecular flexibility index (Phi) is 4.48. The molecule has 21 heavy (non-hydrogen) atoms. The van der Waals surface area contributed by atoms with Gasteiger partial charge < -0.3 is 5.73 Å². The first kappa shape index (κ1) is 15.3. The Morgan fingerprint density at radius 2 is 1.86 bits per heavy atom. The van der Waals surface area contributed by atoms with Crippen LogP contribution in [0.1, 0.15) is 11.1 Å². The molecule has 2 rings (SSSR count). The molecule has 2 aromatic rings. The van der Waals surface area contributed by atoms with Crippen LogP contribution < -0.4 is 10.5 Å². The van der Waals surface area contributed by atoms with Gasteiger partial charge in [-0.1, -0.05) is 23.7 Å². The van der Waals surface area contributed by atoms with Crippen LogP contribution in [0.4, 0.5) is 5.69 Å². The number of anilines is 1. The zero-order valence-corrected chi connectivity index (χ0v) is 12.4.